The van der Waals surface area contributed by atoms with Gasteiger partial charge in [0.15, 0.2) is 5.41 Å². The second-order valence-corrected chi connectivity index (χ2v) is 13.3. The Morgan fingerprint density at radius 1 is 0.462 bits per heavy atom. The average molecular weight is 751 g/mol. The van der Waals surface area contributed by atoms with Gasteiger partial charge in [-0.05, 0) is 13.3 Å². The van der Waals surface area contributed by atoms with E-state index in [1.165, 1.54) is 38.5 Å². The molecule has 0 radical (unpaired) electrons. The number of carbonyl (C=O) groups is 2. The van der Waals surface area contributed by atoms with Gasteiger partial charge in [0.1, 0.15) is 25.4 Å². The van der Waals surface area contributed by atoms with E-state index in [4.69, 9.17) is 56.8 Å². The highest BCUT2D eigenvalue weighted by Crippen LogP contribution is 2.29. The van der Waals surface area contributed by atoms with E-state index < -0.39 is 29.6 Å². The molecule has 14 nitrogen and oxygen atoms in total. The van der Waals surface area contributed by atoms with Gasteiger partial charge >= 0.3 is 11.9 Å². The van der Waals surface area contributed by atoms with Crippen LogP contribution in [0.15, 0.2) is 0 Å². The van der Waals surface area contributed by atoms with Crippen molar-refractivity contribution in [3.8, 4) is 0 Å². The van der Waals surface area contributed by atoms with E-state index in [1.807, 2.05) is 0 Å². The molecular formula is C38H70O14. The molecule has 0 spiro atoms. The van der Waals surface area contributed by atoms with Gasteiger partial charge in [-0.15, -0.1) is 0 Å². The summed E-state index contributed by atoms with van der Waals surface area (Å²) >= 11 is 0. The molecule has 14 heteroatoms. The summed E-state index contributed by atoms with van der Waals surface area (Å²) in [5.74, 6) is -1.31. The van der Waals surface area contributed by atoms with Crippen LogP contribution in [0.1, 0.15) is 84.5 Å². The Balaban J connectivity index is 1.97. The highest BCUT2D eigenvalue weighted by atomic mass is 16.6. The number of esters is 2. The molecule has 52 heavy (non-hydrogen) atoms. The van der Waals surface area contributed by atoms with Gasteiger partial charge in [-0.1, -0.05) is 71.1 Å². The molecule has 0 aromatic rings. The van der Waals surface area contributed by atoms with Gasteiger partial charge in [-0.3, -0.25) is 9.59 Å². The number of hydrogen-bond acceptors (Lipinski definition) is 14. The lowest BCUT2D eigenvalue weighted by molar-refractivity contribution is -0.178. The number of unbranched alkanes of at least 4 members (excludes halogenated alkanes) is 9. The van der Waals surface area contributed by atoms with Crippen molar-refractivity contribution >= 4 is 11.9 Å². The van der Waals surface area contributed by atoms with Crippen molar-refractivity contribution in [2.45, 2.75) is 96.7 Å². The van der Waals surface area contributed by atoms with Crippen molar-refractivity contribution in [1.82, 2.24) is 0 Å². The quantitative estimate of drug-likeness (QED) is 0.118. The van der Waals surface area contributed by atoms with Gasteiger partial charge in [0.2, 0.25) is 0 Å². The van der Waals surface area contributed by atoms with E-state index in [1.54, 1.807) is 6.92 Å². The minimum atomic E-state index is -1.52. The zero-order valence-electron chi connectivity index (χ0n) is 32.3. The fourth-order valence-corrected chi connectivity index (χ4v) is 5.49. The Morgan fingerprint density at radius 2 is 0.769 bits per heavy atom. The first-order chi connectivity index (χ1) is 25.6. The summed E-state index contributed by atoms with van der Waals surface area (Å²) in [6, 6.07) is 0. The van der Waals surface area contributed by atoms with Crippen LogP contribution in [0.4, 0.5) is 0 Å². The molecule has 2 saturated heterocycles. The summed E-state index contributed by atoms with van der Waals surface area (Å²) in [4.78, 5) is 27.5. The van der Waals surface area contributed by atoms with Crippen molar-refractivity contribution in [3.63, 3.8) is 0 Å². The van der Waals surface area contributed by atoms with Crippen LogP contribution >= 0.6 is 0 Å². The second kappa shape index (κ2) is 32.9. The van der Waals surface area contributed by atoms with Gasteiger partial charge in [-0.2, -0.15) is 0 Å². The Morgan fingerprint density at radius 3 is 1.13 bits per heavy atom. The molecule has 2 atom stereocenters. The summed E-state index contributed by atoms with van der Waals surface area (Å²) in [5, 5.41) is 0. The SMILES string of the molecule is CCCCCCCCCCCCC(C)(C(=O)OC[C@H]1COCCOCCOCCOCCO1)C(=O)OC[C@H]1COCCOCCOCCOCCO1. The molecule has 2 heterocycles. The van der Waals surface area contributed by atoms with Crippen LogP contribution in [0.2, 0.25) is 0 Å². The Hall–Kier alpha value is -1.46. The smallest absolute Gasteiger partial charge is 0.323 e. The molecule has 0 aromatic carbocycles. The maximum Gasteiger partial charge on any atom is 0.323 e. The zero-order chi connectivity index (χ0) is 37.2. The summed E-state index contributed by atoms with van der Waals surface area (Å²) in [6.07, 6.45) is 10.5. The van der Waals surface area contributed by atoms with Crippen LogP contribution in [0.5, 0.6) is 0 Å². The molecule has 0 aliphatic carbocycles. The molecule has 0 aromatic heterocycles. The van der Waals surface area contributed by atoms with Gasteiger partial charge in [0.25, 0.3) is 0 Å². The van der Waals surface area contributed by atoms with E-state index >= 15 is 0 Å². The highest BCUT2D eigenvalue weighted by Gasteiger charge is 2.44. The second-order valence-electron chi connectivity index (χ2n) is 13.3. The predicted molar refractivity (Wildman–Crippen MR) is 193 cm³/mol. The van der Waals surface area contributed by atoms with E-state index in [0.717, 1.165) is 19.3 Å². The lowest BCUT2D eigenvalue weighted by Crippen LogP contribution is -2.42. The predicted octanol–water partition coefficient (Wildman–Crippen LogP) is 4.32. The Kier molecular flexibility index (Phi) is 29.6. The molecule has 2 aliphatic rings. The van der Waals surface area contributed by atoms with Crippen molar-refractivity contribution in [3.05, 3.63) is 0 Å². The van der Waals surface area contributed by atoms with Gasteiger partial charge < -0.3 is 56.8 Å². The van der Waals surface area contributed by atoms with Crippen LogP contribution in [0.3, 0.4) is 0 Å². The Bertz CT molecular complexity index is 763. The molecule has 0 bridgehead atoms. The van der Waals surface area contributed by atoms with Crippen LogP contribution in [-0.2, 0) is 66.4 Å². The molecular weight excluding hydrogens is 680 g/mol. The van der Waals surface area contributed by atoms with Crippen LogP contribution in [-0.4, -0.2) is 156 Å². The third-order valence-corrected chi connectivity index (χ3v) is 8.73. The topological polar surface area (TPSA) is 145 Å². The van der Waals surface area contributed by atoms with Crippen molar-refractivity contribution in [1.29, 1.82) is 0 Å². The first-order valence-electron chi connectivity index (χ1n) is 19.8. The lowest BCUT2D eigenvalue weighted by Gasteiger charge is -2.28. The van der Waals surface area contributed by atoms with Crippen LogP contribution in [0.25, 0.3) is 0 Å². The molecule has 2 fully saturated rings. The third kappa shape index (κ3) is 24.0. The first kappa shape index (κ1) is 46.7. The van der Waals surface area contributed by atoms with Crippen molar-refractivity contribution < 1.29 is 66.4 Å². The monoisotopic (exact) mass is 750 g/mol. The molecule has 0 unspecified atom stereocenters. The fourth-order valence-electron chi connectivity index (χ4n) is 5.49. The number of carbonyl (C=O) groups excluding carboxylic acids is 2. The molecule has 2 aliphatic heterocycles. The normalized spacial score (nSPS) is 22.2. The first-order valence-corrected chi connectivity index (χ1v) is 19.8. The number of rotatable bonds is 17. The van der Waals surface area contributed by atoms with Crippen LogP contribution in [0, 0.1) is 5.41 Å². The van der Waals surface area contributed by atoms with Gasteiger partial charge in [0, 0.05) is 0 Å². The largest absolute Gasteiger partial charge is 0.462 e. The fraction of sp³-hybridized carbons (Fsp3) is 0.947. The maximum atomic E-state index is 13.8. The summed E-state index contributed by atoms with van der Waals surface area (Å²) in [6.45, 7) is 10.5. The number of hydrogen-bond donors (Lipinski definition) is 0. The van der Waals surface area contributed by atoms with Crippen LogP contribution < -0.4 is 0 Å². The van der Waals surface area contributed by atoms with Gasteiger partial charge in [-0.25, -0.2) is 0 Å². The number of ether oxygens (including phenoxy) is 12. The average Bonchev–Trinajstić information content (AvgIpc) is 3.17. The van der Waals surface area contributed by atoms with Crippen molar-refractivity contribution in [2.75, 3.05) is 132 Å². The maximum absolute atomic E-state index is 13.8. The standard InChI is InChI=1S/C38H70O14/c1-3-4-5-6-7-8-9-10-11-12-13-38(2,36(39)51-32-34-30-47-24-22-43-16-14-41-18-20-45-26-28-49-34)37(40)52-33-35-31-48-25-23-44-17-15-42-19-21-46-27-29-50-35/h34-35H,3-33H2,1-2H3/t34-,35-/m1/s1. The highest BCUT2D eigenvalue weighted by molar-refractivity contribution is 5.99. The molecule has 2 rings (SSSR count). The lowest BCUT2D eigenvalue weighted by atomic mass is 9.84. The van der Waals surface area contributed by atoms with Gasteiger partial charge in [0.05, 0.1) is 119 Å². The van der Waals surface area contributed by atoms with E-state index in [9.17, 15) is 9.59 Å². The zero-order valence-corrected chi connectivity index (χ0v) is 32.3. The summed E-state index contributed by atoms with van der Waals surface area (Å²) < 4.78 is 68.0. The molecule has 0 saturated carbocycles. The molecule has 0 amide bonds. The minimum Gasteiger partial charge on any atom is -0.462 e. The van der Waals surface area contributed by atoms with E-state index in [2.05, 4.69) is 6.92 Å². The minimum absolute atomic E-state index is 0.0869. The van der Waals surface area contributed by atoms with Crippen molar-refractivity contribution in [2.24, 2.45) is 5.41 Å². The third-order valence-electron chi connectivity index (χ3n) is 8.73. The Labute approximate surface area is 312 Å². The molecule has 0 N–H and O–H groups in total. The molecule has 306 valence electrons. The van der Waals surface area contributed by atoms with E-state index in [-0.39, 0.29) is 39.6 Å². The van der Waals surface area contributed by atoms with E-state index in [0.29, 0.717) is 105 Å². The summed E-state index contributed by atoms with van der Waals surface area (Å²) in [7, 11) is 0. The summed E-state index contributed by atoms with van der Waals surface area (Å²) in [5.41, 5.74) is -1.52.